The van der Waals surface area contributed by atoms with E-state index in [9.17, 15) is 0 Å². The van der Waals surface area contributed by atoms with Crippen LogP contribution in [0.15, 0.2) is 76.7 Å². The van der Waals surface area contributed by atoms with Gasteiger partial charge in [0.1, 0.15) is 11.5 Å². The SMILES string of the molecule is C/C=C(N=C(N)c1ccnc(-c2cc3cc(N4CCOCC4)ccc3s2)n1)\C(=C/C=C(C)C)N1CCNCC1. The van der Waals surface area contributed by atoms with Crippen molar-refractivity contribution in [2.24, 2.45) is 10.7 Å². The Kier molecular flexibility index (Phi) is 8.71. The summed E-state index contributed by atoms with van der Waals surface area (Å²) in [4.78, 5) is 20.0. The Morgan fingerprint density at radius 2 is 1.87 bits per heavy atom. The van der Waals surface area contributed by atoms with Crippen LogP contribution in [0.5, 0.6) is 0 Å². The fourth-order valence-corrected chi connectivity index (χ4v) is 5.72. The number of allylic oxidation sites excluding steroid dienone is 4. The predicted molar refractivity (Wildman–Crippen MR) is 162 cm³/mol. The highest BCUT2D eigenvalue weighted by molar-refractivity contribution is 7.22. The molecule has 4 heterocycles. The van der Waals surface area contributed by atoms with E-state index in [1.807, 2.05) is 19.1 Å². The van der Waals surface area contributed by atoms with Crippen LogP contribution >= 0.6 is 11.3 Å². The third-order valence-electron chi connectivity index (χ3n) is 6.82. The number of nitrogens with two attached hydrogens (primary N) is 1. The highest BCUT2D eigenvalue weighted by Crippen LogP contribution is 2.34. The summed E-state index contributed by atoms with van der Waals surface area (Å²) in [7, 11) is 0. The molecule has 39 heavy (non-hydrogen) atoms. The molecule has 204 valence electrons. The standard InChI is InChI=1S/C30H37N7OS/c1-4-24(26(7-5-21(2)3)37-13-11-32-12-14-37)34-29(31)25-9-10-33-30(35-25)28-20-22-19-23(6-8-27(22)39-28)36-15-17-38-18-16-36/h4-10,19-20,32H,11-18H2,1-3H3,(H2,31,34)/b24-4+,26-7+. The second-order valence-electron chi connectivity index (χ2n) is 9.90. The summed E-state index contributed by atoms with van der Waals surface area (Å²) in [6.45, 7) is 13.3. The van der Waals surface area contributed by atoms with Gasteiger partial charge in [0, 0.05) is 55.9 Å². The maximum atomic E-state index is 6.55. The Morgan fingerprint density at radius 3 is 2.62 bits per heavy atom. The number of benzene rings is 1. The first-order chi connectivity index (χ1) is 19.0. The zero-order valence-corrected chi connectivity index (χ0v) is 23.8. The fraction of sp³-hybridized carbons (Fsp3) is 0.367. The molecule has 0 unspecified atom stereocenters. The quantitative estimate of drug-likeness (QED) is 0.256. The van der Waals surface area contributed by atoms with Crippen LogP contribution in [-0.4, -0.2) is 73.2 Å². The highest BCUT2D eigenvalue weighted by Gasteiger charge is 2.18. The second-order valence-corrected chi connectivity index (χ2v) is 11.0. The third kappa shape index (κ3) is 6.55. The van der Waals surface area contributed by atoms with Crippen molar-refractivity contribution < 1.29 is 4.74 Å². The molecule has 0 aliphatic carbocycles. The van der Waals surface area contributed by atoms with Gasteiger partial charge >= 0.3 is 0 Å². The van der Waals surface area contributed by atoms with Crippen LogP contribution in [0.3, 0.4) is 0 Å². The summed E-state index contributed by atoms with van der Waals surface area (Å²) >= 11 is 1.69. The minimum Gasteiger partial charge on any atom is -0.382 e. The zero-order chi connectivity index (χ0) is 27.2. The molecule has 2 saturated heterocycles. The van der Waals surface area contributed by atoms with E-state index in [0.717, 1.165) is 68.8 Å². The highest BCUT2D eigenvalue weighted by atomic mass is 32.1. The molecule has 2 aromatic heterocycles. The Morgan fingerprint density at radius 1 is 1.08 bits per heavy atom. The smallest absolute Gasteiger partial charge is 0.170 e. The van der Waals surface area contributed by atoms with Crippen molar-refractivity contribution in [3.8, 4) is 10.7 Å². The summed E-state index contributed by atoms with van der Waals surface area (Å²) in [5.74, 6) is 1.03. The number of piperazine rings is 1. The van der Waals surface area contributed by atoms with Crippen molar-refractivity contribution in [3.05, 3.63) is 77.4 Å². The third-order valence-corrected chi connectivity index (χ3v) is 7.94. The van der Waals surface area contributed by atoms with E-state index in [2.05, 4.69) is 70.4 Å². The zero-order valence-electron chi connectivity index (χ0n) is 23.0. The van der Waals surface area contributed by atoms with Crippen molar-refractivity contribution in [2.75, 3.05) is 57.4 Å². The average molecular weight is 544 g/mol. The maximum absolute atomic E-state index is 6.55. The Bertz CT molecular complexity index is 1420. The van der Waals surface area contributed by atoms with Gasteiger partial charge in [-0.25, -0.2) is 15.0 Å². The van der Waals surface area contributed by atoms with Crippen LogP contribution in [0.25, 0.3) is 20.8 Å². The van der Waals surface area contributed by atoms with Crippen LogP contribution in [0.1, 0.15) is 26.5 Å². The molecule has 9 heteroatoms. The molecule has 0 amide bonds. The lowest BCUT2D eigenvalue weighted by molar-refractivity contribution is 0.122. The van der Waals surface area contributed by atoms with E-state index in [-0.39, 0.29) is 0 Å². The van der Waals surface area contributed by atoms with Crippen LogP contribution in [0.4, 0.5) is 5.69 Å². The van der Waals surface area contributed by atoms with Gasteiger partial charge in [0.05, 0.1) is 29.5 Å². The number of hydrogen-bond donors (Lipinski definition) is 2. The van der Waals surface area contributed by atoms with Crippen LogP contribution in [0, 0.1) is 0 Å². The first-order valence-electron chi connectivity index (χ1n) is 13.5. The van der Waals surface area contributed by atoms with Crippen molar-refractivity contribution in [2.45, 2.75) is 20.8 Å². The fourth-order valence-electron chi connectivity index (χ4n) is 4.74. The van der Waals surface area contributed by atoms with Crippen LogP contribution in [0.2, 0.25) is 0 Å². The summed E-state index contributed by atoms with van der Waals surface area (Å²) in [5, 5.41) is 4.61. The van der Waals surface area contributed by atoms with Crippen LogP contribution < -0.4 is 16.0 Å². The van der Waals surface area contributed by atoms with Crippen molar-refractivity contribution in [1.82, 2.24) is 20.2 Å². The predicted octanol–water partition coefficient (Wildman–Crippen LogP) is 4.56. The van der Waals surface area contributed by atoms with E-state index in [4.69, 9.17) is 20.4 Å². The summed E-state index contributed by atoms with van der Waals surface area (Å²) in [5.41, 5.74) is 11.5. The molecule has 5 rings (SSSR count). The van der Waals surface area contributed by atoms with E-state index in [1.165, 1.54) is 21.3 Å². The number of amidine groups is 1. The van der Waals surface area contributed by atoms with Gasteiger partial charge in [-0.15, -0.1) is 11.3 Å². The first-order valence-corrected chi connectivity index (χ1v) is 14.4. The van der Waals surface area contributed by atoms with Gasteiger partial charge in [0.25, 0.3) is 0 Å². The number of rotatable bonds is 7. The van der Waals surface area contributed by atoms with Crippen molar-refractivity contribution >= 4 is 32.9 Å². The van der Waals surface area contributed by atoms with Crippen molar-refractivity contribution in [3.63, 3.8) is 0 Å². The number of aromatic nitrogens is 2. The number of morpholine rings is 1. The largest absolute Gasteiger partial charge is 0.382 e. The molecule has 3 aromatic rings. The van der Waals surface area contributed by atoms with Gasteiger partial charge in [-0.2, -0.15) is 0 Å². The second kappa shape index (κ2) is 12.5. The average Bonchev–Trinajstić information content (AvgIpc) is 3.41. The lowest BCUT2D eigenvalue weighted by Crippen LogP contribution is -2.43. The van der Waals surface area contributed by atoms with Crippen LogP contribution in [-0.2, 0) is 4.74 Å². The first kappa shape index (κ1) is 27.1. The van der Waals surface area contributed by atoms with Gasteiger partial charge < -0.3 is 25.6 Å². The summed E-state index contributed by atoms with van der Waals surface area (Å²) < 4.78 is 6.71. The number of nitrogens with zero attached hydrogens (tertiary/aromatic N) is 5. The Balaban J connectivity index is 1.42. The molecule has 2 aliphatic rings. The molecule has 2 fully saturated rings. The number of aliphatic imine (C=N–C) groups is 1. The number of thiophene rings is 1. The topological polar surface area (TPSA) is 91.9 Å². The number of hydrogen-bond acceptors (Lipinski definition) is 8. The molecule has 3 N–H and O–H groups in total. The molecule has 8 nitrogen and oxygen atoms in total. The lowest BCUT2D eigenvalue weighted by Gasteiger charge is -2.31. The van der Waals surface area contributed by atoms with Gasteiger partial charge in [-0.05, 0) is 62.6 Å². The van der Waals surface area contributed by atoms with Crippen molar-refractivity contribution in [1.29, 1.82) is 0 Å². The normalized spacial score (nSPS) is 17.6. The molecule has 2 aliphatic heterocycles. The van der Waals surface area contributed by atoms with E-state index in [0.29, 0.717) is 17.4 Å². The monoisotopic (exact) mass is 543 g/mol. The minimum atomic E-state index is 0.376. The van der Waals surface area contributed by atoms with E-state index >= 15 is 0 Å². The number of fused-ring (bicyclic) bond motifs is 1. The molecular formula is C30H37N7OS. The van der Waals surface area contributed by atoms with Gasteiger partial charge in [0.2, 0.25) is 0 Å². The molecule has 0 spiro atoms. The Hall–Kier alpha value is -3.53. The van der Waals surface area contributed by atoms with E-state index in [1.54, 1.807) is 17.5 Å². The van der Waals surface area contributed by atoms with E-state index < -0.39 is 0 Å². The molecule has 1 aromatic carbocycles. The molecule has 0 radical (unpaired) electrons. The molecular weight excluding hydrogens is 506 g/mol. The van der Waals surface area contributed by atoms with Gasteiger partial charge in [-0.3, -0.25) is 0 Å². The Labute approximate surface area is 234 Å². The molecule has 0 saturated carbocycles. The lowest BCUT2D eigenvalue weighted by atomic mass is 10.2. The number of anilines is 1. The number of nitrogens with one attached hydrogen (secondary N) is 1. The molecule has 0 bridgehead atoms. The minimum absolute atomic E-state index is 0.376. The molecule has 0 atom stereocenters. The summed E-state index contributed by atoms with van der Waals surface area (Å²) in [6.07, 6.45) is 8.04. The maximum Gasteiger partial charge on any atom is 0.170 e. The van der Waals surface area contributed by atoms with Gasteiger partial charge in [-0.1, -0.05) is 17.7 Å². The van der Waals surface area contributed by atoms with Gasteiger partial charge in [0.15, 0.2) is 5.82 Å². The number of ether oxygens (including phenoxy) is 1. The summed E-state index contributed by atoms with van der Waals surface area (Å²) in [6, 6.07) is 10.6.